The van der Waals surface area contributed by atoms with Gasteiger partial charge in [0.25, 0.3) is 0 Å². The monoisotopic (exact) mass is 262 g/mol. The zero-order valence-corrected chi connectivity index (χ0v) is 12.5. The predicted octanol–water partition coefficient (Wildman–Crippen LogP) is 3.86. The third kappa shape index (κ3) is 3.30. The minimum absolute atomic E-state index is 0.288. The summed E-state index contributed by atoms with van der Waals surface area (Å²) in [6, 6.07) is 8.94. The lowest BCUT2D eigenvalue weighted by Gasteiger charge is -2.26. The first-order chi connectivity index (χ1) is 8.50. The molecule has 0 aliphatic rings. The third-order valence-corrected chi connectivity index (χ3v) is 4.36. The predicted molar refractivity (Wildman–Crippen MR) is 80.2 cm³/mol. The molecule has 1 aromatic heterocycles. The quantitative estimate of drug-likeness (QED) is 0.885. The molecule has 1 atom stereocenters. The number of aromatic nitrogens is 1. The van der Waals surface area contributed by atoms with Crippen molar-refractivity contribution in [2.24, 2.45) is 5.41 Å². The van der Waals surface area contributed by atoms with Crippen molar-refractivity contribution in [2.45, 2.75) is 39.7 Å². The molecule has 2 aromatic rings. The number of fused-ring (bicyclic) bond motifs is 1. The Morgan fingerprint density at radius 2 is 2.06 bits per heavy atom. The fraction of sp³-hybridized carbons (Fsp3) is 0.533. The second kappa shape index (κ2) is 5.37. The van der Waals surface area contributed by atoms with Gasteiger partial charge in [-0.05, 0) is 37.9 Å². The minimum Gasteiger partial charge on any atom is -0.317 e. The molecule has 0 saturated carbocycles. The molecule has 0 aliphatic heterocycles. The molecule has 0 saturated heterocycles. The summed E-state index contributed by atoms with van der Waals surface area (Å²) >= 11 is 1.83. The Balaban J connectivity index is 2.12. The van der Waals surface area contributed by atoms with Crippen LogP contribution in [0.5, 0.6) is 0 Å². The van der Waals surface area contributed by atoms with Gasteiger partial charge in [0.1, 0.15) is 0 Å². The Morgan fingerprint density at radius 1 is 1.33 bits per heavy atom. The van der Waals surface area contributed by atoms with Crippen LogP contribution in [0.2, 0.25) is 0 Å². The number of para-hydroxylation sites is 1. The summed E-state index contributed by atoms with van der Waals surface area (Å²) in [6.07, 6.45) is 2.22. The molecule has 1 heterocycles. The van der Waals surface area contributed by atoms with E-state index in [0.717, 1.165) is 11.9 Å². The standard InChI is InChI=1S/C15H22N2S/c1-11(16-4)9-15(2,3)10-14-17-12-7-5-6-8-13(12)18-14/h5-8,11,16H,9-10H2,1-4H3. The molecule has 0 radical (unpaired) electrons. The molecular weight excluding hydrogens is 240 g/mol. The molecule has 1 unspecified atom stereocenters. The van der Waals surface area contributed by atoms with E-state index in [1.54, 1.807) is 0 Å². The topological polar surface area (TPSA) is 24.9 Å². The van der Waals surface area contributed by atoms with E-state index in [0.29, 0.717) is 6.04 Å². The molecule has 18 heavy (non-hydrogen) atoms. The maximum Gasteiger partial charge on any atom is 0.0943 e. The van der Waals surface area contributed by atoms with Crippen LogP contribution < -0.4 is 5.32 Å². The van der Waals surface area contributed by atoms with E-state index in [1.165, 1.54) is 16.1 Å². The number of thiazole rings is 1. The number of rotatable bonds is 5. The van der Waals surface area contributed by atoms with Crippen molar-refractivity contribution in [3.8, 4) is 0 Å². The van der Waals surface area contributed by atoms with E-state index in [2.05, 4.69) is 50.4 Å². The normalized spacial score (nSPS) is 14.0. The van der Waals surface area contributed by atoms with Crippen molar-refractivity contribution in [1.29, 1.82) is 0 Å². The lowest BCUT2D eigenvalue weighted by molar-refractivity contribution is 0.293. The molecule has 0 fully saturated rings. The summed E-state index contributed by atoms with van der Waals surface area (Å²) < 4.78 is 1.30. The number of benzene rings is 1. The van der Waals surface area contributed by atoms with Crippen molar-refractivity contribution in [3.63, 3.8) is 0 Å². The van der Waals surface area contributed by atoms with Gasteiger partial charge in [-0.2, -0.15) is 0 Å². The Bertz CT molecular complexity index is 483. The molecule has 1 aromatic carbocycles. The molecule has 1 N–H and O–H groups in total. The summed E-state index contributed by atoms with van der Waals surface area (Å²) in [5.74, 6) is 0. The van der Waals surface area contributed by atoms with Crippen molar-refractivity contribution >= 4 is 21.6 Å². The van der Waals surface area contributed by atoms with Gasteiger partial charge < -0.3 is 5.32 Å². The molecule has 98 valence electrons. The average molecular weight is 262 g/mol. The van der Waals surface area contributed by atoms with Crippen LogP contribution in [0.1, 0.15) is 32.2 Å². The summed E-state index contributed by atoms with van der Waals surface area (Å²) in [5.41, 5.74) is 1.42. The molecule has 0 spiro atoms. The highest BCUT2D eigenvalue weighted by Crippen LogP contribution is 2.31. The van der Waals surface area contributed by atoms with E-state index in [-0.39, 0.29) is 5.41 Å². The second-order valence-electron chi connectivity index (χ2n) is 5.81. The molecule has 3 heteroatoms. The zero-order valence-electron chi connectivity index (χ0n) is 11.7. The van der Waals surface area contributed by atoms with Crippen molar-refractivity contribution in [3.05, 3.63) is 29.3 Å². The van der Waals surface area contributed by atoms with E-state index in [9.17, 15) is 0 Å². The molecular formula is C15H22N2S. The highest BCUT2D eigenvalue weighted by atomic mass is 32.1. The van der Waals surface area contributed by atoms with E-state index >= 15 is 0 Å². The van der Waals surface area contributed by atoms with Crippen molar-refractivity contribution in [2.75, 3.05) is 7.05 Å². The number of nitrogens with zero attached hydrogens (tertiary/aromatic N) is 1. The van der Waals surface area contributed by atoms with Gasteiger partial charge in [-0.25, -0.2) is 4.98 Å². The molecule has 2 nitrogen and oxygen atoms in total. The number of hydrogen-bond donors (Lipinski definition) is 1. The summed E-state index contributed by atoms with van der Waals surface area (Å²) in [7, 11) is 2.03. The van der Waals surface area contributed by atoms with Gasteiger partial charge in [-0.3, -0.25) is 0 Å². The second-order valence-corrected chi connectivity index (χ2v) is 6.93. The molecule has 0 aliphatic carbocycles. The number of hydrogen-bond acceptors (Lipinski definition) is 3. The van der Waals surface area contributed by atoms with Gasteiger partial charge in [0, 0.05) is 12.5 Å². The SMILES string of the molecule is CNC(C)CC(C)(C)Cc1nc2ccccc2s1. The van der Waals surface area contributed by atoms with Gasteiger partial charge in [0.15, 0.2) is 0 Å². The van der Waals surface area contributed by atoms with Crippen LogP contribution >= 0.6 is 11.3 Å². The third-order valence-electron chi connectivity index (χ3n) is 3.32. The zero-order chi connectivity index (χ0) is 13.2. The van der Waals surface area contributed by atoms with Gasteiger partial charge in [-0.1, -0.05) is 26.0 Å². The highest BCUT2D eigenvalue weighted by molar-refractivity contribution is 7.18. The smallest absolute Gasteiger partial charge is 0.0943 e. The van der Waals surface area contributed by atoms with Crippen LogP contribution in [-0.2, 0) is 6.42 Å². The summed E-state index contributed by atoms with van der Waals surface area (Å²) in [4.78, 5) is 4.73. The summed E-state index contributed by atoms with van der Waals surface area (Å²) in [5, 5.41) is 4.57. The fourth-order valence-electron chi connectivity index (χ4n) is 2.41. The lowest BCUT2D eigenvalue weighted by Crippen LogP contribution is -2.29. The van der Waals surface area contributed by atoms with E-state index in [4.69, 9.17) is 4.98 Å². The summed E-state index contributed by atoms with van der Waals surface area (Å²) in [6.45, 7) is 6.89. The largest absolute Gasteiger partial charge is 0.317 e. The van der Waals surface area contributed by atoms with Crippen LogP contribution in [-0.4, -0.2) is 18.1 Å². The molecule has 0 bridgehead atoms. The van der Waals surface area contributed by atoms with Crippen molar-refractivity contribution in [1.82, 2.24) is 10.3 Å². The molecule has 0 amide bonds. The Labute approximate surface area is 113 Å². The maximum atomic E-state index is 4.73. The average Bonchev–Trinajstić information content (AvgIpc) is 2.68. The molecule has 2 rings (SSSR count). The highest BCUT2D eigenvalue weighted by Gasteiger charge is 2.22. The first-order valence-electron chi connectivity index (χ1n) is 6.52. The van der Waals surface area contributed by atoms with Crippen LogP contribution in [0.3, 0.4) is 0 Å². The van der Waals surface area contributed by atoms with Crippen LogP contribution in [0.4, 0.5) is 0 Å². The van der Waals surface area contributed by atoms with Crippen molar-refractivity contribution < 1.29 is 0 Å². The Kier molecular flexibility index (Phi) is 4.03. The number of nitrogens with one attached hydrogen (secondary N) is 1. The Hall–Kier alpha value is -0.930. The maximum absolute atomic E-state index is 4.73. The van der Waals surface area contributed by atoms with Crippen LogP contribution in [0.25, 0.3) is 10.2 Å². The van der Waals surface area contributed by atoms with Gasteiger partial charge in [-0.15, -0.1) is 11.3 Å². The fourth-order valence-corrected chi connectivity index (χ4v) is 3.63. The van der Waals surface area contributed by atoms with Gasteiger partial charge >= 0.3 is 0 Å². The first-order valence-corrected chi connectivity index (χ1v) is 7.33. The van der Waals surface area contributed by atoms with Crippen LogP contribution in [0, 0.1) is 5.41 Å². The van der Waals surface area contributed by atoms with Gasteiger partial charge in [0.2, 0.25) is 0 Å². The van der Waals surface area contributed by atoms with E-state index in [1.807, 2.05) is 18.4 Å². The van der Waals surface area contributed by atoms with E-state index < -0.39 is 0 Å². The first kappa shape index (κ1) is 13.5. The lowest BCUT2D eigenvalue weighted by atomic mass is 9.83. The Morgan fingerprint density at radius 3 is 2.72 bits per heavy atom. The minimum atomic E-state index is 0.288. The van der Waals surface area contributed by atoms with Gasteiger partial charge in [0.05, 0.1) is 15.2 Å². The van der Waals surface area contributed by atoms with Crippen LogP contribution in [0.15, 0.2) is 24.3 Å².